The van der Waals surface area contributed by atoms with Crippen molar-refractivity contribution < 1.29 is 4.79 Å². The predicted molar refractivity (Wildman–Crippen MR) is 95.1 cm³/mol. The number of nitrogens with one attached hydrogen (secondary N) is 2. The van der Waals surface area contributed by atoms with Crippen LogP contribution in [0.2, 0.25) is 0 Å². The third-order valence-electron chi connectivity index (χ3n) is 2.59. The van der Waals surface area contributed by atoms with Crippen molar-refractivity contribution in [2.75, 3.05) is 22.9 Å². The molecule has 112 valence electrons. The third-order valence-corrected chi connectivity index (χ3v) is 4.94. The van der Waals surface area contributed by atoms with Gasteiger partial charge in [-0.1, -0.05) is 24.3 Å². The summed E-state index contributed by atoms with van der Waals surface area (Å²) in [6, 6.07) is 5.58. The number of hydrogen-bond acceptors (Lipinski definition) is 5. The van der Waals surface area contributed by atoms with Gasteiger partial charge in [0, 0.05) is 15.5 Å². The van der Waals surface area contributed by atoms with Gasteiger partial charge in [0.2, 0.25) is 0 Å². The summed E-state index contributed by atoms with van der Waals surface area (Å²) in [6.07, 6.45) is 0.977. The molecule has 0 atom stereocenters. The molecule has 0 fully saturated rings. The average Bonchev–Trinajstić information content (AvgIpc) is 2.82. The lowest BCUT2D eigenvalue weighted by Crippen LogP contribution is -2.13. The second-order valence-electron chi connectivity index (χ2n) is 4.21. The highest BCUT2D eigenvalue weighted by atomic mass is 79.9. The summed E-state index contributed by atoms with van der Waals surface area (Å²) in [6.45, 7) is 2.85. The van der Waals surface area contributed by atoms with E-state index in [1.54, 1.807) is 0 Å². The second kappa shape index (κ2) is 7.24. The van der Waals surface area contributed by atoms with E-state index in [2.05, 4.69) is 54.4 Å². The fourth-order valence-electron chi connectivity index (χ4n) is 1.59. The standard InChI is InChI=1S/C13H14Br2N4OS/c1-2-6-17-13-19-11(16)10(21-13)12(20)18-9-7(14)4-3-5-8(9)15/h3-5H,2,6,16H2,1H3,(H,17,19)(H,18,20). The van der Waals surface area contributed by atoms with Crippen LogP contribution in [-0.2, 0) is 0 Å². The Morgan fingerprint density at radius 2 is 2.05 bits per heavy atom. The van der Waals surface area contributed by atoms with Gasteiger partial charge in [-0.3, -0.25) is 4.79 Å². The molecule has 0 spiro atoms. The van der Waals surface area contributed by atoms with E-state index in [4.69, 9.17) is 5.73 Å². The van der Waals surface area contributed by atoms with Crippen LogP contribution >= 0.6 is 43.2 Å². The summed E-state index contributed by atoms with van der Waals surface area (Å²) in [5.41, 5.74) is 6.48. The van der Waals surface area contributed by atoms with Crippen molar-refractivity contribution in [3.05, 3.63) is 32.0 Å². The summed E-state index contributed by atoms with van der Waals surface area (Å²) in [5, 5.41) is 6.62. The van der Waals surface area contributed by atoms with Crippen molar-refractivity contribution in [3.63, 3.8) is 0 Å². The number of benzene rings is 1. The van der Waals surface area contributed by atoms with Crippen LogP contribution in [0.4, 0.5) is 16.6 Å². The normalized spacial score (nSPS) is 10.4. The van der Waals surface area contributed by atoms with Gasteiger partial charge in [-0.2, -0.15) is 0 Å². The van der Waals surface area contributed by atoms with E-state index >= 15 is 0 Å². The van der Waals surface area contributed by atoms with Gasteiger partial charge < -0.3 is 16.4 Å². The molecule has 2 rings (SSSR count). The Balaban J connectivity index is 2.19. The molecule has 0 bridgehead atoms. The first-order chi connectivity index (χ1) is 10.0. The van der Waals surface area contributed by atoms with Crippen molar-refractivity contribution in [2.24, 2.45) is 0 Å². The number of hydrogen-bond donors (Lipinski definition) is 3. The molecule has 4 N–H and O–H groups in total. The van der Waals surface area contributed by atoms with Crippen LogP contribution in [0, 0.1) is 0 Å². The molecule has 1 aromatic heterocycles. The van der Waals surface area contributed by atoms with Gasteiger partial charge >= 0.3 is 0 Å². The van der Waals surface area contributed by atoms with Crippen molar-refractivity contribution >= 4 is 65.7 Å². The van der Waals surface area contributed by atoms with Crippen molar-refractivity contribution in [1.82, 2.24) is 4.98 Å². The number of anilines is 3. The predicted octanol–water partition coefficient (Wildman–Crippen LogP) is 4.32. The highest BCUT2D eigenvalue weighted by molar-refractivity contribution is 9.11. The van der Waals surface area contributed by atoms with Gasteiger partial charge in [0.15, 0.2) is 5.13 Å². The fraction of sp³-hybridized carbons (Fsp3) is 0.231. The van der Waals surface area contributed by atoms with E-state index in [1.165, 1.54) is 11.3 Å². The van der Waals surface area contributed by atoms with Crippen molar-refractivity contribution in [3.8, 4) is 0 Å². The molecule has 1 heterocycles. The van der Waals surface area contributed by atoms with Gasteiger partial charge in [0.25, 0.3) is 5.91 Å². The van der Waals surface area contributed by atoms with Crippen molar-refractivity contribution in [2.45, 2.75) is 13.3 Å². The van der Waals surface area contributed by atoms with Gasteiger partial charge in [-0.25, -0.2) is 4.98 Å². The van der Waals surface area contributed by atoms with Crippen LogP contribution in [0.15, 0.2) is 27.1 Å². The Morgan fingerprint density at radius 1 is 1.38 bits per heavy atom. The molecule has 21 heavy (non-hydrogen) atoms. The lowest BCUT2D eigenvalue weighted by Gasteiger charge is -2.08. The number of amides is 1. The zero-order chi connectivity index (χ0) is 15.4. The molecule has 1 aromatic carbocycles. The van der Waals surface area contributed by atoms with E-state index < -0.39 is 0 Å². The molecule has 5 nitrogen and oxygen atoms in total. The summed E-state index contributed by atoms with van der Waals surface area (Å²) < 4.78 is 1.58. The van der Waals surface area contributed by atoms with Crippen LogP contribution in [-0.4, -0.2) is 17.4 Å². The Hall–Kier alpha value is -1.12. The first kappa shape index (κ1) is 16.3. The summed E-state index contributed by atoms with van der Waals surface area (Å²) in [5.74, 6) is -0.0403. The van der Waals surface area contributed by atoms with E-state index in [-0.39, 0.29) is 11.7 Å². The first-order valence-electron chi connectivity index (χ1n) is 6.28. The van der Waals surface area contributed by atoms with E-state index in [0.717, 1.165) is 21.9 Å². The molecular weight excluding hydrogens is 420 g/mol. The summed E-state index contributed by atoms with van der Waals surface area (Å²) >= 11 is 8.06. The van der Waals surface area contributed by atoms with Crippen LogP contribution in [0.1, 0.15) is 23.0 Å². The molecule has 0 aliphatic carbocycles. The number of para-hydroxylation sites is 1. The Bertz CT molecular complexity index is 639. The number of thiazole rings is 1. The maximum absolute atomic E-state index is 12.3. The van der Waals surface area contributed by atoms with Crippen LogP contribution in [0.3, 0.4) is 0 Å². The number of carbonyl (C=O) groups is 1. The van der Waals surface area contributed by atoms with Gasteiger partial charge in [0.1, 0.15) is 10.7 Å². The highest BCUT2D eigenvalue weighted by Crippen LogP contribution is 2.32. The molecular formula is C13H14Br2N4OS. The highest BCUT2D eigenvalue weighted by Gasteiger charge is 2.18. The smallest absolute Gasteiger partial charge is 0.269 e. The number of carbonyl (C=O) groups excluding carboxylic acids is 1. The summed E-state index contributed by atoms with van der Waals surface area (Å²) in [4.78, 5) is 16.9. The molecule has 0 aliphatic rings. The minimum absolute atomic E-state index is 0.235. The maximum atomic E-state index is 12.3. The number of rotatable bonds is 5. The van der Waals surface area contributed by atoms with Gasteiger partial charge in [0.05, 0.1) is 5.69 Å². The Kier molecular flexibility index (Phi) is 5.60. The maximum Gasteiger partial charge on any atom is 0.269 e. The number of aromatic nitrogens is 1. The average molecular weight is 434 g/mol. The molecule has 2 aromatic rings. The molecule has 0 radical (unpaired) electrons. The minimum atomic E-state index is -0.276. The lowest BCUT2D eigenvalue weighted by atomic mass is 10.3. The van der Waals surface area contributed by atoms with Crippen LogP contribution < -0.4 is 16.4 Å². The molecule has 8 heteroatoms. The monoisotopic (exact) mass is 432 g/mol. The van der Waals surface area contributed by atoms with E-state index in [0.29, 0.717) is 15.7 Å². The van der Waals surface area contributed by atoms with Gasteiger partial charge in [-0.15, -0.1) is 0 Å². The topological polar surface area (TPSA) is 80.0 Å². The van der Waals surface area contributed by atoms with Crippen LogP contribution in [0.25, 0.3) is 0 Å². The first-order valence-corrected chi connectivity index (χ1v) is 8.68. The quantitative estimate of drug-likeness (QED) is 0.655. The Morgan fingerprint density at radius 3 is 2.67 bits per heavy atom. The molecule has 0 saturated carbocycles. The number of halogens is 2. The van der Waals surface area contributed by atoms with Gasteiger partial charge in [-0.05, 0) is 50.4 Å². The fourth-order valence-corrected chi connectivity index (χ4v) is 3.59. The Labute approximate surface area is 143 Å². The lowest BCUT2D eigenvalue weighted by molar-refractivity contribution is 0.103. The molecule has 0 unspecified atom stereocenters. The number of nitrogens with two attached hydrogens (primary N) is 1. The van der Waals surface area contributed by atoms with E-state index in [9.17, 15) is 4.79 Å². The molecule has 1 amide bonds. The zero-order valence-electron chi connectivity index (χ0n) is 11.2. The molecule has 0 saturated heterocycles. The molecule has 0 aliphatic heterocycles. The van der Waals surface area contributed by atoms with E-state index in [1.807, 2.05) is 18.2 Å². The largest absolute Gasteiger partial charge is 0.382 e. The number of nitrogens with zero attached hydrogens (tertiary/aromatic N) is 1. The van der Waals surface area contributed by atoms with Crippen LogP contribution in [0.5, 0.6) is 0 Å². The summed E-state index contributed by atoms with van der Waals surface area (Å²) in [7, 11) is 0. The van der Waals surface area contributed by atoms with Crippen molar-refractivity contribution in [1.29, 1.82) is 0 Å². The SMILES string of the molecule is CCCNc1nc(N)c(C(=O)Nc2c(Br)cccc2Br)s1. The number of nitrogen functional groups attached to an aromatic ring is 1. The third kappa shape index (κ3) is 3.96. The minimum Gasteiger partial charge on any atom is -0.382 e. The zero-order valence-corrected chi connectivity index (χ0v) is 15.2. The second-order valence-corrected chi connectivity index (χ2v) is 6.92.